The van der Waals surface area contributed by atoms with Crippen molar-refractivity contribution in [1.29, 1.82) is 0 Å². The Morgan fingerprint density at radius 2 is 1.84 bits per heavy atom. The molecular formula is C24H27N7. The molecule has 5 rings (SSSR count). The fourth-order valence-electron chi connectivity index (χ4n) is 4.23. The molecule has 7 nitrogen and oxygen atoms in total. The lowest BCUT2D eigenvalue weighted by molar-refractivity contribution is 0.185. The second kappa shape index (κ2) is 8.53. The van der Waals surface area contributed by atoms with Crippen molar-refractivity contribution in [3.63, 3.8) is 0 Å². The first-order valence-electron chi connectivity index (χ1n) is 10.8. The predicted molar refractivity (Wildman–Crippen MR) is 122 cm³/mol. The second-order valence-electron chi connectivity index (χ2n) is 8.12. The van der Waals surface area contributed by atoms with E-state index in [0.29, 0.717) is 12.5 Å². The number of hydrogen-bond donors (Lipinski definition) is 2. The third-order valence-electron chi connectivity index (χ3n) is 5.97. The Labute approximate surface area is 182 Å². The number of nitrogens with one attached hydrogen (secondary N) is 2. The molecule has 0 spiro atoms. The number of aryl methyl sites for hydroxylation is 1. The molecule has 0 bridgehead atoms. The van der Waals surface area contributed by atoms with E-state index < -0.39 is 0 Å². The largest absolute Gasteiger partial charge is 0.342 e. The van der Waals surface area contributed by atoms with Crippen LogP contribution in [0.25, 0.3) is 22.3 Å². The number of pyridine rings is 1. The maximum Gasteiger partial charge on any atom is 0.125 e. The summed E-state index contributed by atoms with van der Waals surface area (Å²) in [6.07, 6.45) is 4.39. The van der Waals surface area contributed by atoms with Crippen LogP contribution in [-0.4, -0.2) is 56.0 Å². The highest BCUT2D eigenvalue weighted by Gasteiger charge is 2.18. The summed E-state index contributed by atoms with van der Waals surface area (Å²) in [5, 5.41) is 3.42. The minimum Gasteiger partial charge on any atom is -0.342 e. The first kappa shape index (κ1) is 19.8. The third-order valence-corrected chi connectivity index (χ3v) is 5.97. The number of hydrogen-bond acceptors (Lipinski definition) is 6. The monoisotopic (exact) mass is 413 g/mol. The normalized spacial score (nSPS) is 15.9. The third kappa shape index (κ3) is 4.33. The highest BCUT2D eigenvalue weighted by atomic mass is 15.2. The summed E-state index contributed by atoms with van der Waals surface area (Å²) in [5.41, 5.74) is 6.28. The van der Waals surface area contributed by atoms with Crippen molar-refractivity contribution >= 4 is 11.0 Å². The molecule has 4 heterocycles. The van der Waals surface area contributed by atoms with Crippen molar-refractivity contribution in [2.24, 2.45) is 0 Å². The molecule has 0 saturated carbocycles. The van der Waals surface area contributed by atoms with Crippen LogP contribution in [0.1, 0.15) is 35.9 Å². The van der Waals surface area contributed by atoms with Gasteiger partial charge in [0.1, 0.15) is 11.6 Å². The number of imidazole rings is 1. The summed E-state index contributed by atoms with van der Waals surface area (Å²) in [7, 11) is 0. The van der Waals surface area contributed by atoms with Crippen LogP contribution in [0.2, 0.25) is 0 Å². The lowest BCUT2D eigenvalue weighted by Crippen LogP contribution is -2.44. The average molecular weight is 414 g/mol. The Balaban J connectivity index is 1.37. The number of fused-ring (bicyclic) bond motifs is 1. The molecule has 3 aromatic heterocycles. The van der Waals surface area contributed by atoms with Crippen LogP contribution in [0, 0.1) is 6.92 Å². The van der Waals surface area contributed by atoms with E-state index in [1.54, 1.807) is 6.20 Å². The van der Waals surface area contributed by atoms with Crippen molar-refractivity contribution in [3.05, 3.63) is 71.7 Å². The highest BCUT2D eigenvalue weighted by molar-refractivity contribution is 5.81. The molecule has 1 saturated heterocycles. The molecule has 31 heavy (non-hydrogen) atoms. The maximum absolute atomic E-state index is 4.78. The second-order valence-corrected chi connectivity index (χ2v) is 8.12. The molecule has 158 valence electrons. The molecule has 1 aliphatic heterocycles. The van der Waals surface area contributed by atoms with Crippen molar-refractivity contribution in [1.82, 2.24) is 35.1 Å². The van der Waals surface area contributed by atoms with E-state index in [-0.39, 0.29) is 0 Å². The summed E-state index contributed by atoms with van der Waals surface area (Å²) < 4.78 is 0. The number of rotatable bonds is 5. The van der Waals surface area contributed by atoms with Gasteiger partial charge in [0, 0.05) is 62.3 Å². The van der Waals surface area contributed by atoms with Crippen LogP contribution in [0.4, 0.5) is 0 Å². The minimum atomic E-state index is 0.387. The molecule has 4 aromatic rings. The summed E-state index contributed by atoms with van der Waals surface area (Å²) in [6, 6.07) is 12.9. The molecule has 1 atom stereocenters. The van der Waals surface area contributed by atoms with Gasteiger partial charge in [-0.3, -0.25) is 9.88 Å². The molecule has 1 unspecified atom stereocenters. The van der Waals surface area contributed by atoms with E-state index in [2.05, 4.69) is 61.3 Å². The van der Waals surface area contributed by atoms with Gasteiger partial charge >= 0.3 is 0 Å². The van der Waals surface area contributed by atoms with Gasteiger partial charge in [-0.05, 0) is 49.7 Å². The Morgan fingerprint density at radius 1 is 1.00 bits per heavy atom. The van der Waals surface area contributed by atoms with E-state index in [0.717, 1.165) is 65.8 Å². The van der Waals surface area contributed by atoms with Crippen molar-refractivity contribution in [2.75, 3.05) is 26.2 Å². The van der Waals surface area contributed by atoms with Gasteiger partial charge < -0.3 is 10.3 Å². The zero-order valence-corrected chi connectivity index (χ0v) is 18.0. The Morgan fingerprint density at radius 3 is 2.68 bits per heavy atom. The minimum absolute atomic E-state index is 0.387. The van der Waals surface area contributed by atoms with Crippen molar-refractivity contribution in [2.45, 2.75) is 26.3 Å². The number of aromatic amines is 1. The van der Waals surface area contributed by atoms with Gasteiger partial charge in [0.25, 0.3) is 0 Å². The van der Waals surface area contributed by atoms with E-state index in [1.165, 1.54) is 5.56 Å². The maximum atomic E-state index is 4.78. The predicted octanol–water partition coefficient (Wildman–Crippen LogP) is 3.28. The molecule has 0 radical (unpaired) electrons. The molecule has 1 fully saturated rings. The van der Waals surface area contributed by atoms with Crippen LogP contribution in [0.15, 0.2) is 48.8 Å². The van der Waals surface area contributed by atoms with Crippen LogP contribution < -0.4 is 5.32 Å². The van der Waals surface area contributed by atoms with Gasteiger partial charge in [-0.15, -0.1) is 0 Å². The number of H-pyrrole nitrogens is 1. The lowest BCUT2D eigenvalue weighted by atomic mass is 10.1. The van der Waals surface area contributed by atoms with Crippen LogP contribution >= 0.6 is 0 Å². The van der Waals surface area contributed by atoms with Gasteiger partial charge in [0.15, 0.2) is 0 Å². The highest BCUT2D eigenvalue weighted by Crippen LogP contribution is 2.24. The first-order chi connectivity index (χ1) is 15.2. The Hall–Kier alpha value is -3.16. The van der Waals surface area contributed by atoms with Gasteiger partial charge in [0.05, 0.1) is 16.7 Å². The van der Waals surface area contributed by atoms with Gasteiger partial charge in [-0.2, -0.15) is 0 Å². The van der Waals surface area contributed by atoms with Crippen LogP contribution in [0.3, 0.4) is 0 Å². The Kier molecular flexibility index (Phi) is 5.44. The summed E-state index contributed by atoms with van der Waals surface area (Å²) in [5.74, 6) is 1.69. The van der Waals surface area contributed by atoms with E-state index >= 15 is 0 Å². The fraction of sp³-hybridized carbons (Fsp3) is 0.333. The van der Waals surface area contributed by atoms with E-state index in [1.807, 2.05) is 25.3 Å². The topological polar surface area (TPSA) is 82.6 Å². The zero-order chi connectivity index (χ0) is 21.2. The van der Waals surface area contributed by atoms with E-state index in [9.17, 15) is 0 Å². The SMILES string of the molecule is Cc1nccc(-c2ccc3nc(Cc4cc(C(C)N5CCNCC5)ccn4)[nH]c3c2)n1. The van der Waals surface area contributed by atoms with Gasteiger partial charge in [-0.25, -0.2) is 15.0 Å². The molecule has 1 aliphatic rings. The Bertz CT molecular complexity index is 1190. The van der Waals surface area contributed by atoms with Crippen molar-refractivity contribution in [3.8, 4) is 11.3 Å². The summed E-state index contributed by atoms with van der Waals surface area (Å²) in [4.78, 5) is 24.1. The number of aromatic nitrogens is 5. The number of nitrogens with zero attached hydrogens (tertiary/aromatic N) is 5. The summed E-state index contributed by atoms with van der Waals surface area (Å²) in [6.45, 7) is 8.45. The van der Waals surface area contributed by atoms with Gasteiger partial charge in [0.2, 0.25) is 0 Å². The lowest BCUT2D eigenvalue weighted by Gasteiger charge is -2.33. The van der Waals surface area contributed by atoms with Crippen LogP contribution in [0.5, 0.6) is 0 Å². The smallest absolute Gasteiger partial charge is 0.125 e. The molecule has 0 aliphatic carbocycles. The quantitative estimate of drug-likeness (QED) is 0.523. The van der Waals surface area contributed by atoms with Crippen molar-refractivity contribution < 1.29 is 0 Å². The van der Waals surface area contributed by atoms with Crippen LogP contribution in [-0.2, 0) is 6.42 Å². The molecule has 7 heteroatoms. The van der Waals surface area contributed by atoms with E-state index in [4.69, 9.17) is 4.98 Å². The molecule has 1 aromatic carbocycles. The van der Waals surface area contributed by atoms with Gasteiger partial charge in [-0.1, -0.05) is 6.07 Å². The standard InChI is InChI=1S/C24H27N7/c1-16(31-11-9-25-10-12-31)18-5-7-27-20(13-18)15-24-29-22-4-3-19(14-23(22)30-24)21-6-8-26-17(2)28-21/h3-8,13-14,16,25H,9-12,15H2,1-2H3,(H,29,30). The number of benzene rings is 1. The average Bonchev–Trinajstić information content (AvgIpc) is 3.21. The summed E-state index contributed by atoms with van der Waals surface area (Å²) >= 11 is 0. The first-order valence-corrected chi connectivity index (χ1v) is 10.8. The zero-order valence-electron chi connectivity index (χ0n) is 18.0. The fourth-order valence-corrected chi connectivity index (χ4v) is 4.23. The molecule has 2 N–H and O–H groups in total. The number of piperazine rings is 1. The molecular weight excluding hydrogens is 386 g/mol. The molecule has 0 amide bonds.